The van der Waals surface area contributed by atoms with Gasteiger partial charge in [-0.15, -0.1) is 0 Å². The van der Waals surface area contributed by atoms with Crippen LogP contribution in [0.3, 0.4) is 0 Å². The lowest BCUT2D eigenvalue weighted by atomic mass is 10.1. The third-order valence-electron chi connectivity index (χ3n) is 3.61. The van der Waals surface area contributed by atoms with Crippen molar-refractivity contribution in [1.82, 2.24) is 16.3 Å². The quantitative estimate of drug-likeness (QED) is 0.326. The Morgan fingerprint density at radius 2 is 2.08 bits per heavy atom. The lowest BCUT2D eigenvalue weighted by Crippen LogP contribution is -2.41. The summed E-state index contributed by atoms with van der Waals surface area (Å²) in [6.07, 6.45) is 3.63. The van der Waals surface area contributed by atoms with Gasteiger partial charge in [-0.2, -0.15) is 5.10 Å². The van der Waals surface area contributed by atoms with E-state index in [1.807, 2.05) is 6.92 Å². The highest BCUT2D eigenvalue weighted by molar-refractivity contribution is 5.88. The highest BCUT2D eigenvalue weighted by Gasteiger charge is 2.26. The van der Waals surface area contributed by atoms with E-state index < -0.39 is 5.97 Å². The molecule has 0 aliphatic carbocycles. The summed E-state index contributed by atoms with van der Waals surface area (Å²) in [6.45, 7) is 1.99. The van der Waals surface area contributed by atoms with Gasteiger partial charge in [-0.05, 0) is 55.3 Å². The molecule has 1 amide bonds. The zero-order valence-corrected chi connectivity index (χ0v) is 13.6. The van der Waals surface area contributed by atoms with Crippen molar-refractivity contribution in [3.05, 3.63) is 54.0 Å². The lowest BCUT2D eigenvalue weighted by Gasteiger charge is -2.06. The fourth-order valence-electron chi connectivity index (χ4n) is 2.31. The number of amides is 1. The fourth-order valence-corrected chi connectivity index (χ4v) is 2.31. The molecule has 2 heterocycles. The van der Waals surface area contributed by atoms with Gasteiger partial charge < -0.3 is 9.15 Å². The van der Waals surface area contributed by atoms with Crippen molar-refractivity contribution in [3.63, 3.8) is 0 Å². The Balaban J connectivity index is 1.50. The first-order chi connectivity index (χ1) is 12.1. The molecule has 1 saturated heterocycles. The summed E-state index contributed by atoms with van der Waals surface area (Å²) >= 11 is 0. The van der Waals surface area contributed by atoms with Crippen molar-refractivity contribution in [3.8, 4) is 5.75 Å². The van der Waals surface area contributed by atoms with Crippen LogP contribution in [-0.4, -0.2) is 30.2 Å². The molecule has 8 nitrogen and oxygen atoms in total. The molecule has 8 heteroatoms. The molecule has 0 spiro atoms. The minimum atomic E-state index is -0.564. The largest absolute Gasteiger partial charge is 0.457 e. The van der Waals surface area contributed by atoms with Crippen LogP contribution in [0.2, 0.25) is 0 Å². The van der Waals surface area contributed by atoms with Crippen molar-refractivity contribution >= 4 is 18.1 Å². The lowest BCUT2D eigenvalue weighted by molar-refractivity contribution is -0.122. The summed E-state index contributed by atoms with van der Waals surface area (Å²) in [5.41, 5.74) is 9.12. The van der Waals surface area contributed by atoms with E-state index in [2.05, 4.69) is 21.4 Å². The number of rotatable bonds is 5. The van der Waals surface area contributed by atoms with E-state index in [0.29, 0.717) is 12.2 Å². The zero-order chi connectivity index (χ0) is 17.6. The number of benzene rings is 1. The third-order valence-corrected chi connectivity index (χ3v) is 3.61. The molecule has 1 aromatic heterocycles. The van der Waals surface area contributed by atoms with Crippen LogP contribution in [0.15, 0.2) is 52.2 Å². The van der Waals surface area contributed by atoms with Gasteiger partial charge in [0, 0.05) is 6.04 Å². The highest BCUT2D eigenvalue weighted by Crippen LogP contribution is 2.14. The van der Waals surface area contributed by atoms with Crippen LogP contribution in [0.25, 0.3) is 0 Å². The number of hydrogen-bond donors (Lipinski definition) is 3. The summed E-state index contributed by atoms with van der Waals surface area (Å²) in [5.74, 6) is -0.238. The van der Waals surface area contributed by atoms with E-state index in [-0.39, 0.29) is 23.8 Å². The van der Waals surface area contributed by atoms with Crippen molar-refractivity contribution in [1.29, 1.82) is 0 Å². The van der Waals surface area contributed by atoms with Crippen LogP contribution >= 0.6 is 0 Å². The maximum absolute atomic E-state index is 11.9. The standard InChI is InChI=1S/C17H18N4O4/c1-11-9-14(20-19-11)16(22)21-18-10-12-4-6-13(7-5-12)25-17(23)15-3-2-8-24-15/h2-8,10-11,14,19-20H,9H2,1H3,(H,21,22)/b18-10+. The molecule has 0 radical (unpaired) electrons. The van der Waals surface area contributed by atoms with E-state index in [9.17, 15) is 9.59 Å². The van der Waals surface area contributed by atoms with Crippen LogP contribution in [0.5, 0.6) is 5.75 Å². The molecule has 1 aliphatic heterocycles. The SMILES string of the molecule is CC1CC(C(=O)N/N=C/c2ccc(OC(=O)c3ccco3)cc2)NN1. The predicted octanol–water partition coefficient (Wildman–Crippen LogP) is 1.20. The molecule has 3 rings (SSSR count). The van der Waals surface area contributed by atoms with Crippen LogP contribution in [0.1, 0.15) is 29.5 Å². The topological polar surface area (TPSA) is 105 Å². The van der Waals surface area contributed by atoms with E-state index in [0.717, 1.165) is 5.56 Å². The van der Waals surface area contributed by atoms with Crippen LogP contribution in [-0.2, 0) is 4.79 Å². The minimum absolute atomic E-state index is 0.137. The number of hydrazone groups is 1. The van der Waals surface area contributed by atoms with E-state index >= 15 is 0 Å². The van der Waals surface area contributed by atoms with Gasteiger partial charge in [-0.25, -0.2) is 15.6 Å². The average Bonchev–Trinajstić information content (AvgIpc) is 3.28. The molecular formula is C17H18N4O4. The van der Waals surface area contributed by atoms with E-state index in [1.54, 1.807) is 30.3 Å². The second-order valence-electron chi connectivity index (χ2n) is 5.65. The molecule has 0 bridgehead atoms. The maximum Gasteiger partial charge on any atom is 0.379 e. The van der Waals surface area contributed by atoms with Crippen molar-refractivity contribution in [2.24, 2.45) is 5.10 Å². The number of carbonyl (C=O) groups excluding carboxylic acids is 2. The Hall–Kier alpha value is -2.97. The Morgan fingerprint density at radius 3 is 2.72 bits per heavy atom. The molecule has 2 atom stereocenters. The van der Waals surface area contributed by atoms with Crippen LogP contribution in [0, 0.1) is 0 Å². The molecule has 0 saturated carbocycles. The molecule has 2 aromatic rings. The maximum atomic E-state index is 11.9. The van der Waals surface area contributed by atoms with E-state index in [4.69, 9.17) is 9.15 Å². The summed E-state index contributed by atoms with van der Waals surface area (Å²) in [4.78, 5) is 23.6. The zero-order valence-electron chi connectivity index (χ0n) is 13.6. The number of nitrogens with zero attached hydrogens (tertiary/aromatic N) is 1. The Morgan fingerprint density at radius 1 is 1.28 bits per heavy atom. The van der Waals surface area contributed by atoms with Crippen LogP contribution < -0.4 is 21.0 Å². The molecule has 1 aromatic carbocycles. The molecule has 1 fully saturated rings. The third kappa shape index (κ3) is 4.52. The van der Waals surface area contributed by atoms with Gasteiger partial charge >= 0.3 is 5.97 Å². The Bertz CT molecular complexity index is 755. The number of hydrazine groups is 1. The summed E-state index contributed by atoms with van der Waals surface area (Å²) in [7, 11) is 0. The second-order valence-corrected chi connectivity index (χ2v) is 5.65. The van der Waals surface area contributed by atoms with Crippen molar-refractivity contribution < 1.29 is 18.7 Å². The molecule has 130 valence electrons. The van der Waals surface area contributed by atoms with Gasteiger partial charge in [-0.3, -0.25) is 10.2 Å². The summed E-state index contributed by atoms with van der Waals surface area (Å²) < 4.78 is 10.1. The van der Waals surface area contributed by atoms with Gasteiger partial charge in [0.25, 0.3) is 5.91 Å². The minimum Gasteiger partial charge on any atom is -0.457 e. The van der Waals surface area contributed by atoms with Gasteiger partial charge in [0.1, 0.15) is 11.8 Å². The van der Waals surface area contributed by atoms with Crippen molar-refractivity contribution in [2.45, 2.75) is 25.4 Å². The number of hydrogen-bond acceptors (Lipinski definition) is 7. The van der Waals surface area contributed by atoms with Crippen LogP contribution in [0.4, 0.5) is 0 Å². The monoisotopic (exact) mass is 342 g/mol. The number of esters is 1. The molecule has 2 unspecified atom stereocenters. The first kappa shape index (κ1) is 16.9. The van der Waals surface area contributed by atoms with Gasteiger partial charge in [0.05, 0.1) is 12.5 Å². The van der Waals surface area contributed by atoms with Gasteiger partial charge in [0.2, 0.25) is 5.76 Å². The first-order valence-electron chi connectivity index (χ1n) is 7.81. The normalized spacial score (nSPS) is 19.9. The smallest absolute Gasteiger partial charge is 0.379 e. The van der Waals surface area contributed by atoms with E-state index in [1.165, 1.54) is 18.5 Å². The highest BCUT2D eigenvalue weighted by atomic mass is 16.5. The molecule has 25 heavy (non-hydrogen) atoms. The molecular weight excluding hydrogens is 324 g/mol. The number of ether oxygens (including phenoxy) is 1. The number of carbonyl (C=O) groups is 2. The van der Waals surface area contributed by atoms with Crippen molar-refractivity contribution in [2.75, 3.05) is 0 Å². The molecule has 3 N–H and O–H groups in total. The number of nitrogens with one attached hydrogen (secondary N) is 3. The fraction of sp³-hybridized carbons (Fsp3) is 0.235. The summed E-state index contributed by atoms with van der Waals surface area (Å²) in [5, 5.41) is 3.93. The second kappa shape index (κ2) is 7.73. The Kier molecular flexibility index (Phi) is 5.22. The number of furan rings is 1. The molecule has 1 aliphatic rings. The van der Waals surface area contributed by atoms with Gasteiger partial charge in [-0.1, -0.05) is 0 Å². The average molecular weight is 342 g/mol. The van der Waals surface area contributed by atoms with Gasteiger partial charge in [0.15, 0.2) is 0 Å². The Labute approximate surface area is 144 Å². The first-order valence-corrected chi connectivity index (χ1v) is 7.81. The summed E-state index contributed by atoms with van der Waals surface area (Å²) in [6, 6.07) is 9.80. The predicted molar refractivity (Wildman–Crippen MR) is 90.0 cm³/mol.